The molecule has 1 aliphatic heterocycles. The number of benzene rings is 2. The molecule has 33 heavy (non-hydrogen) atoms. The molecule has 2 saturated carbocycles. The molecule has 5 rings (SSSR count). The highest BCUT2D eigenvalue weighted by atomic mass is 16.7. The summed E-state index contributed by atoms with van der Waals surface area (Å²) in [6, 6.07) is 11.1. The summed E-state index contributed by atoms with van der Waals surface area (Å²) in [6.45, 7) is 0.243. The van der Waals surface area contributed by atoms with Crippen LogP contribution < -0.4 is 14.2 Å². The Morgan fingerprint density at radius 2 is 1.45 bits per heavy atom. The molecule has 2 fully saturated rings. The summed E-state index contributed by atoms with van der Waals surface area (Å²) in [7, 11) is 1.70. The lowest BCUT2D eigenvalue weighted by atomic mass is 9.93. The first-order valence-electron chi connectivity index (χ1n) is 12.5. The number of hydrogen-bond donors (Lipinski definition) is 0. The molecule has 5 heteroatoms. The molecule has 2 aliphatic carbocycles. The second-order valence-electron chi connectivity index (χ2n) is 9.36. The first-order valence-corrected chi connectivity index (χ1v) is 12.5. The minimum absolute atomic E-state index is 0.243. The van der Waals surface area contributed by atoms with Gasteiger partial charge in [-0.05, 0) is 61.6 Å². The molecule has 2 aromatic rings. The molecule has 174 valence electrons. The van der Waals surface area contributed by atoms with E-state index in [2.05, 4.69) is 18.2 Å². The highest BCUT2D eigenvalue weighted by Crippen LogP contribution is 2.44. The van der Waals surface area contributed by atoms with Crippen molar-refractivity contribution in [3.8, 4) is 28.4 Å². The monoisotopic (exact) mass is 446 g/mol. The summed E-state index contributed by atoms with van der Waals surface area (Å²) < 4.78 is 17.2. The SMILES string of the molecule is COc1ccc(-c2c(C=NC3CCCCC3)ccc3c2OCO3)c(C=NC2CCCCC2)c1. The normalized spacial score (nSPS) is 19.5. The topological polar surface area (TPSA) is 52.4 Å². The summed E-state index contributed by atoms with van der Waals surface area (Å²) in [4.78, 5) is 9.94. The van der Waals surface area contributed by atoms with Crippen molar-refractivity contribution in [1.82, 2.24) is 0 Å². The van der Waals surface area contributed by atoms with Gasteiger partial charge in [0.1, 0.15) is 5.75 Å². The van der Waals surface area contributed by atoms with Gasteiger partial charge in [-0.3, -0.25) is 9.98 Å². The highest BCUT2D eigenvalue weighted by Gasteiger charge is 2.24. The molecule has 0 saturated heterocycles. The zero-order chi connectivity index (χ0) is 22.5. The van der Waals surface area contributed by atoms with Crippen molar-refractivity contribution in [2.24, 2.45) is 9.98 Å². The number of hydrogen-bond acceptors (Lipinski definition) is 5. The van der Waals surface area contributed by atoms with E-state index >= 15 is 0 Å². The maximum absolute atomic E-state index is 5.96. The van der Waals surface area contributed by atoms with Crippen LogP contribution >= 0.6 is 0 Å². The zero-order valence-corrected chi connectivity index (χ0v) is 19.6. The van der Waals surface area contributed by atoms with Gasteiger partial charge in [0.15, 0.2) is 11.5 Å². The van der Waals surface area contributed by atoms with Crippen LogP contribution in [0.15, 0.2) is 40.3 Å². The van der Waals surface area contributed by atoms with Gasteiger partial charge in [0, 0.05) is 41.2 Å². The summed E-state index contributed by atoms with van der Waals surface area (Å²) in [6.07, 6.45) is 16.5. The van der Waals surface area contributed by atoms with Crippen LogP contribution in [-0.4, -0.2) is 38.4 Å². The fourth-order valence-electron chi connectivity index (χ4n) is 5.21. The molecule has 0 atom stereocenters. The van der Waals surface area contributed by atoms with E-state index in [0.717, 1.165) is 39.5 Å². The Bertz CT molecular complexity index is 1020. The van der Waals surface area contributed by atoms with Crippen LogP contribution in [0.1, 0.15) is 75.3 Å². The van der Waals surface area contributed by atoms with Crippen LogP contribution in [0.5, 0.6) is 17.2 Å². The van der Waals surface area contributed by atoms with E-state index in [-0.39, 0.29) is 6.79 Å². The van der Waals surface area contributed by atoms with Crippen molar-refractivity contribution in [3.05, 3.63) is 41.5 Å². The quantitative estimate of drug-likeness (QED) is 0.470. The van der Waals surface area contributed by atoms with Gasteiger partial charge in [0.05, 0.1) is 7.11 Å². The lowest BCUT2D eigenvalue weighted by molar-refractivity contribution is 0.174. The third-order valence-corrected chi connectivity index (χ3v) is 7.10. The maximum Gasteiger partial charge on any atom is 0.231 e. The molecule has 0 amide bonds. The van der Waals surface area contributed by atoms with Crippen molar-refractivity contribution >= 4 is 12.4 Å². The number of ether oxygens (including phenoxy) is 3. The van der Waals surface area contributed by atoms with Crippen LogP contribution in [0.4, 0.5) is 0 Å². The fraction of sp³-hybridized carbons (Fsp3) is 0.500. The smallest absolute Gasteiger partial charge is 0.231 e. The summed E-state index contributed by atoms with van der Waals surface area (Å²) in [5, 5.41) is 0. The minimum Gasteiger partial charge on any atom is -0.497 e. The number of methoxy groups -OCH3 is 1. The molecule has 0 N–H and O–H groups in total. The number of rotatable bonds is 6. The third-order valence-electron chi connectivity index (χ3n) is 7.10. The Morgan fingerprint density at radius 3 is 2.12 bits per heavy atom. The van der Waals surface area contributed by atoms with Gasteiger partial charge in [-0.15, -0.1) is 0 Å². The molecule has 1 heterocycles. The Labute approximate surface area is 196 Å². The van der Waals surface area contributed by atoms with Crippen LogP contribution in [0, 0.1) is 0 Å². The molecule has 0 spiro atoms. The predicted octanol–water partition coefficient (Wildman–Crippen LogP) is 6.59. The van der Waals surface area contributed by atoms with E-state index < -0.39 is 0 Å². The summed E-state index contributed by atoms with van der Waals surface area (Å²) in [5.74, 6) is 2.40. The average Bonchev–Trinajstić information content (AvgIpc) is 3.36. The van der Waals surface area contributed by atoms with Gasteiger partial charge in [-0.2, -0.15) is 0 Å². The molecule has 0 aromatic heterocycles. The molecular formula is C28H34N2O3. The lowest BCUT2D eigenvalue weighted by Crippen LogP contribution is -2.10. The Balaban J connectivity index is 1.55. The molecule has 5 nitrogen and oxygen atoms in total. The average molecular weight is 447 g/mol. The van der Waals surface area contributed by atoms with E-state index in [1.165, 1.54) is 64.2 Å². The summed E-state index contributed by atoms with van der Waals surface area (Å²) >= 11 is 0. The summed E-state index contributed by atoms with van der Waals surface area (Å²) in [5.41, 5.74) is 4.19. The standard InChI is InChI=1S/C28H34N2O3/c1-31-24-13-14-25(21(16-24)18-30-23-10-6-3-7-11-23)27-20(12-15-26-28(27)33-19-32-26)17-29-22-8-4-2-5-9-22/h12-18,22-23H,2-11,19H2,1H3. The van der Waals surface area contributed by atoms with Crippen LogP contribution in [0.25, 0.3) is 11.1 Å². The molecule has 0 bridgehead atoms. The molecular weight excluding hydrogens is 412 g/mol. The number of nitrogens with zero attached hydrogens (tertiary/aromatic N) is 2. The van der Waals surface area contributed by atoms with Gasteiger partial charge < -0.3 is 14.2 Å². The van der Waals surface area contributed by atoms with E-state index in [1.54, 1.807) is 7.11 Å². The number of fused-ring (bicyclic) bond motifs is 1. The minimum atomic E-state index is 0.243. The largest absolute Gasteiger partial charge is 0.497 e. The molecule has 3 aliphatic rings. The Hall–Kier alpha value is -2.82. The van der Waals surface area contributed by atoms with E-state index in [9.17, 15) is 0 Å². The van der Waals surface area contributed by atoms with Gasteiger partial charge in [-0.1, -0.05) is 38.5 Å². The van der Waals surface area contributed by atoms with E-state index in [0.29, 0.717) is 12.1 Å². The van der Waals surface area contributed by atoms with Crippen molar-refractivity contribution in [3.63, 3.8) is 0 Å². The van der Waals surface area contributed by atoms with Gasteiger partial charge in [0.2, 0.25) is 6.79 Å². The fourth-order valence-corrected chi connectivity index (χ4v) is 5.21. The van der Waals surface area contributed by atoms with Crippen molar-refractivity contribution < 1.29 is 14.2 Å². The molecule has 2 aromatic carbocycles. The van der Waals surface area contributed by atoms with Crippen LogP contribution in [0.2, 0.25) is 0 Å². The van der Waals surface area contributed by atoms with Gasteiger partial charge >= 0.3 is 0 Å². The first-order chi connectivity index (χ1) is 16.3. The van der Waals surface area contributed by atoms with Crippen molar-refractivity contribution in [2.75, 3.05) is 13.9 Å². The second-order valence-corrected chi connectivity index (χ2v) is 9.36. The maximum atomic E-state index is 5.96. The third kappa shape index (κ3) is 5.07. The predicted molar refractivity (Wildman–Crippen MR) is 133 cm³/mol. The van der Waals surface area contributed by atoms with Crippen LogP contribution in [0.3, 0.4) is 0 Å². The van der Waals surface area contributed by atoms with E-state index in [4.69, 9.17) is 24.2 Å². The molecule has 0 unspecified atom stereocenters. The first kappa shape index (κ1) is 22.0. The number of aliphatic imine (C=N–C) groups is 2. The zero-order valence-electron chi connectivity index (χ0n) is 19.6. The molecule has 0 radical (unpaired) electrons. The van der Waals surface area contributed by atoms with Crippen molar-refractivity contribution in [1.29, 1.82) is 0 Å². The van der Waals surface area contributed by atoms with Gasteiger partial charge in [0.25, 0.3) is 0 Å². The highest BCUT2D eigenvalue weighted by molar-refractivity contribution is 6.00. The van der Waals surface area contributed by atoms with Crippen molar-refractivity contribution in [2.45, 2.75) is 76.3 Å². The lowest BCUT2D eigenvalue weighted by Gasteiger charge is -2.19. The second kappa shape index (κ2) is 10.4. The Kier molecular flexibility index (Phi) is 6.94. The Morgan fingerprint density at radius 1 is 0.788 bits per heavy atom. The van der Waals surface area contributed by atoms with Crippen LogP contribution in [-0.2, 0) is 0 Å². The van der Waals surface area contributed by atoms with E-state index in [1.807, 2.05) is 24.6 Å². The van der Waals surface area contributed by atoms with Gasteiger partial charge in [-0.25, -0.2) is 0 Å².